The van der Waals surface area contributed by atoms with Crippen molar-refractivity contribution >= 4 is 21.6 Å². The predicted octanol–water partition coefficient (Wildman–Crippen LogP) is 3.67. The molecule has 0 radical (unpaired) electrons. The van der Waals surface area contributed by atoms with Crippen molar-refractivity contribution in [2.24, 2.45) is 0 Å². The third kappa shape index (κ3) is 4.54. The largest absolute Gasteiger partial charge is 0.295 e. The van der Waals surface area contributed by atoms with E-state index in [1.165, 1.54) is 23.6 Å². The van der Waals surface area contributed by atoms with Crippen LogP contribution in [0, 0.1) is 0 Å². The van der Waals surface area contributed by atoms with Gasteiger partial charge in [-0.25, -0.2) is 13.4 Å². The Morgan fingerprint density at radius 2 is 1.81 bits per heavy atom. The molecule has 0 saturated heterocycles. The minimum absolute atomic E-state index is 0.256. The molecule has 31 heavy (non-hydrogen) atoms. The topological polar surface area (TPSA) is 95.6 Å². The molecule has 0 aliphatic rings. The molecule has 4 aromatic rings. The second kappa shape index (κ2) is 8.64. The molecule has 0 fully saturated rings. The van der Waals surface area contributed by atoms with E-state index in [2.05, 4.69) is 51.1 Å². The van der Waals surface area contributed by atoms with Crippen LogP contribution in [0.3, 0.4) is 0 Å². The van der Waals surface area contributed by atoms with Gasteiger partial charge in [0.25, 0.3) is 0 Å². The predicted molar refractivity (Wildman–Crippen MR) is 119 cm³/mol. The lowest BCUT2D eigenvalue weighted by Crippen LogP contribution is -2.05. The highest BCUT2D eigenvalue weighted by Gasteiger charge is 2.15. The number of thioether (sulfide) groups is 1. The van der Waals surface area contributed by atoms with Crippen LogP contribution < -0.4 is 0 Å². The van der Waals surface area contributed by atoms with Crippen LogP contribution in [0.25, 0.3) is 11.4 Å². The molecule has 0 saturated carbocycles. The Morgan fingerprint density at radius 3 is 2.52 bits per heavy atom. The molecule has 4 rings (SSSR count). The molecular formula is C21H22N6O2S2. The zero-order valence-electron chi connectivity index (χ0n) is 17.4. The van der Waals surface area contributed by atoms with E-state index in [1.54, 1.807) is 35.1 Å². The van der Waals surface area contributed by atoms with Crippen molar-refractivity contribution in [3.05, 3.63) is 72.3 Å². The minimum Gasteiger partial charge on any atom is -0.295 e. The van der Waals surface area contributed by atoms with Gasteiger partial charge in [0.05, 0.1) is 22.0 Å². The molecule has 2 aromatic carbocycles. The number of aromatic nitrogens is 6. The fraction of sp³-hybridized carbons (Fsp3) is 0.238. The fourth-order valence-corrected chi connectivity index (χ4v) is 4.74. The maximum atomic E-state index is 11.7. The molecular weight excluding hydrogens is 432 g/mol. The molecule has 0 aliphatic carbocycles. The monoisotopic (exact) mass is 454 g/mol. The van der Waals surface area contributed by atoms with Crippen molar-refractivity contribution in [2.75, 3.05) is 6.26 Å². The van der Waals surface area contributed by atoms with E-state index >= 15 is 0 Å². The lowest BCUT2D eigenvalue weighted by molar-refractivity contribution is 0.602. The molecule has 0 N–H and O–H groups in total. The maximum Gasteiger partial charge on any atom is 0.175 e. The SMILES string of the molecule is CC(C)c1ccccc1-n1ccnc1SCc1nnnn1-c1ccc(S(C)(=O)=O)cc1. The van der Waals surface area contributed by atoms with E-state index in [0.717, 1.165) is 10.8 Å². The molecule has 2 aromatic heterocycles. The first kappa shape index (κ1) is 21.3. The summed E-state index contributed by atoms with van der Waals surface area (Å²) in [6.45, 7) is 4.34. The molecule has 8 nitrogen and oxygen atoms in total. The van der Waals surface area contributed by atoms with Crippen LogP contribution in [0.15, 0.2) is 71.0 Å². The average Bonchev–Trinajstić information content (AvgIpc) is 3.41. The lowest BCUT2D eigenvalue weighted by Gasteiger charge is -2.15. The Kier molecular flexibility index (Phi) is 5.92. The van der Waals surface area contributed by atoms with Crippen molar-refractivity contribution in [1.82, 2.24) is 29.8 Å². The van der Waals surface area contributed by atoms with Gasteiger partial charge >= 0.3 is 0 Å². The Bertz CT molecular complexity index is 1290. The zero-order valence-corrected chi connectivity index (χ0v) is 19.0. The number of para-hydroxylation sites is 1. The van der Waals surface area contributed by atoms with Gasteiger partial charge in [0.1, 0.15) is 0 Å². The van der Waals surface area contributed by atoms with E-state index in [-0.39, 0.29) is 4.90 Å². The number of sulfone groups is 1. The van der Waals surface area contributed by atoms with Crippen molar-refractivity contribution in [2.45, 2.75) is 35.6 Å². The van der Waals surface area contributed by atoms with Gasteiger partial charge in [-0.05, 0) is 52.2 Å². The van der Waals surface area contributed by atoms with E-state index in [0.29, 0.717) is 23.2 Å². The highest BCUT2D eigenvalue weighted by Crippen LogP contribution is 2.28. The summed E-state index contributed by atoms with van der Waals surface area (Å²) in [5.74, 6) is 1.53. The van der Waals surface area contributed by atoms with Crippen LogP contribution in [0.1, 0.15) is 31.2 Å². The zero-order chi connectivity index (χ0) is 22.0. The Balaban J connectivity index is 1.57. The van der Waals surface area contributed by atoms with Crippen molar-refractivity contribution < 1.29 is 8.42 Å². The summed E-state index contributed by atoms with van der Waals surface area (Å²) in [5, 5.41) is 12.8. The first-order valence-electron chi connectivity index (χ1n) is 9.68. The average molecular weight is 455 g/mol. The first-order valence-corrected chi connectivity index (χ1v) is 12.6. The number of benzene rings is 2. The number of nitrogens with zero attached hydrogens (tertiary/aromatic N) is 6. The molecule has 0 atom stereocenters. The number of hydrogen-bond acceptors (Lipinski definition) is 7. The summed E-state index contributed by atoms with van der Waals surface area (Å²) in [4.78, 5) is 4.77. The van der Waals surface area contributed by atoms with Crippen LogP contribution in [0.2, 0.25) is 0 Å². The molecule has 0 spiro atoms. The van der Waals surface area contributed by atoms with Gasteiger partial charge in [-0.3, -0.25) is 4.57 Å². The quantitative estimate of drug-likeness (QED) is 0.393. The lowest BCUT2D eigenvalue weighted by atomic mass is 10.0. The Morgan fingerprint density at radius 1 is 1.06 bits per heavy atom. The molecule has 0 aliphatic heterocycles. The highest BCUT2D eigenvalue weighted by atomic mass is 32.2. The number of hydrogen-bond donors (Lipinski definition) is 0. The Labute approximate surface area is 185 Å². The smallest absolute Gasteiger partial charge is 0.175 e. The van der Waals surface area contributed by atoms with Crippen LogP contribution in [0.4, 0.5) is 0 Å². The van der Waals surface area contributed by atoms with E-state index in [1.807, 2.05) is 18.3 Å². The molecule has 0 bridgehead atoms. The van der Waals surface area contributed by atoms with E-state index < -0.39 is 9.84 Å². The van der Waals surface area contributed by atoms with Crippen molar-refractivity contribution in [3.63, 3.8) is 0 Å². The van der Waals surface area contributed by atoms with E-state index in [9.17, 15) is 8.42 Å². The van der Waals surface area contributed by atoms with Crippen LogP contribution >= 0.6 is 11.8 Å². The molecule has 0 unspecified atom stereocenters. The summed E-state index contributed by atoms with van der Waals surface area (Å²) in [7, 11) is -3.26. The minimum atomic E-state index is -3.26. The third-order valence-electron chi connectivity index (χ3n) is 4.80. The fourth-order valence-electron chi connectivity index (χ4n) is 3.23. The standard InChI is InChI=1S/C21H22N6O2S2/c1-15(2)18-6-4-5-7-19(18)26-13-12-22-21(26)30-14-20-23-24-25-27(20)16-8-10-17(11-9-16)31(3,28)29/h4-13,15H,14H2,1-3H3. The van der Waals surface area contributed by atoms with Crippen LogP contribution in [0.5, 0.6) is 0 Å². The third-order valence-corrected chi connectivity index (χ3v) is 6.89. The maximum absolute atomic E-state index is 11.7. The highest BCUT2D eigenvalue weighted by molar-refractivity contribution is 7.98. The first-order chi connectivity index (χ1) is 14.8. The number of rotatable bonds is 7. The second-order valence-electron chi connectivity index (χ2n) is 7.35. The van der Waals surface area contributed by atoms with Crippen LogP contribution in [-0.2, 0) is 15.6 Å². The van der Waals surface area contributed by atoms with Gasteiger partial charge in [0, 0.05) is 18.6 Å². The number of tetrazole rings is 1. The van der Waals surface area contributed by atoms with Crippen molar-refractivity contribution in [3.8, 4) is 11.4 Å². The van der Waals surface area contributed by atoms with Crippen molar-refractivity contribution in [1.29, 1.82) is 0 Å². The van der Waals surface area contributed by atoms with Gasteiger partial charge < -0.3 is 0 Å². The molecule has 160 valence electrons. The van der Waals surface area contributed by atoms with Gasteiger partial charge in [-0.1, -0.05) is 43.8 Å². The normalized spacial score (nSPS) is 11.9. The second-order valence-corrected chi connectivity index (χ2v) is 10.3. The molecule has 10 heteroatoms. The Hall–Kier alpha value is -2.98. The van der Waals surface area contributed by atoms with Gasteiger partial charge in [0.2, 0.25) is 0 Å². The number of imidazole rings is 1. The van der Waals surface area contributed by atoms with Gasteiger partial charge in [-0.2, -0.15) is 4.68 Å². The van der Waals surface area contributed by atoms with Crippen LogP contribution in [-0.4, -0.2) is 44.4 Å². The summed E-state index contributed by atoms with van der Waals surface area (Å²) < 4.78 is 27.1. The van der Waals surface area contributed by atoms with E-state index in [4.69, 9.17) is 0 Å². The van der Waals surface area contributed by atoms with Gasteiger partial charge in [-0.15, -0.1) is 5.10 Å². The summed E-state index contributed by atoms with van der Waals surface area (Å²) in [5.41, 5.74) is 3.05. The summed E-state index contributed by atoms with van der Waals surface area (Å²) in [6.07, 6.45) is 4.92. The molecule has 2 heterocycles. The van der Waals surface area contributed by atoms with Gasteiger partial charge in [0.15, 0.2) is 20.8 Å². The summed E-state index contributed by atoms with van der Waals surface area (Å²) >= 11 is 1.54. The molecule has 0 amide bonds. The summed E-state index contributed by atoms with van der Waals surface area (Å²) in [6, 6.07) is 14.8.